The Balaban J connectivity index is 1.40. The Bertz CT molecular complexity index is 1230. The van der Waals surface area contributed by atoms with Gasteiger partial charge in [0.05, 0.1) is 52.1 Å². The molecule has 3 aliphatic heterocycles. The molecular formula is C35H64N4O21. The number of carbonyl (C=O) groups is 3. The van der Waals surface area contributed by atoms with E-state index < -0.39 is 130 Å². The van der Waals surface area contributed by atoms with Gasteiger partial charge in [-0.2, -0.15) is 0 Å². The topological polar surface area (TPSA) is 389 Å². The van der Waals surface area contributed by atoms with Gasteiger partial charge in [0.1, 0.15) is 73.2 Å². The van der Waals surface area contributed by atoms with Crippen LogP contribution in [-0.2, 0) is 42.8 Å². The van der Waals surface area contributed by atoms with Crippen LogP contribution < -0.4 is 16.0 Å². The number of nitrogens with one attached hydrogen (secondary N) is 3. The highest BCUT2D eigenvalue weighted by Crippen LogP contribution is 2.24. The molecule has 0 aliphatic carbocycles. The lowest BCUT2D eigenvalue weighted by molar-refractivity contribution is -0.303. The quantitative estimate of drug-likeness (QED) is 0.0379. The number of hydrogen-bond acceptors (Lipinski definition) is 22. The van der Waals surface area contributed by atoms with Gasteiger partial charge in [0, 0.05) is 32.6 Å². The number of likely N-dealkylation sites (N-methyl/N-ethyl adjacent to an activating group) is 1. The van der Waals surface area contributed by atoms with Crippen LogP contribution >= 0.6 is 0 Å². The number of amides is 3. The third kappa shape index (κ3) is 14.9. The highest BCUT2D eigenvalue weighted by atomic mass is 16.7. The minimum atomic E-state index is -1.67. The molecule has 0 bridgehead atoms. The predicted octanol–water partition coefficient (Wildman–Crippen LogP) is -8.96. The van der Waals surface area contributed by atoms with Crippen LogP contribution in [0.3, 0.4) is 0 Å². The molecule has 3 heterocycles. The zero-order valence-electron chi connectivity index (χ0n) is 33.3. The number of carbonyl (C=O) groups excluding carboxylic acids is 3. The van der Waals surface area contributed by atoms with Crippen LogP contribution in [0.1, 0.15) is 32.1 Å². The monoisotopic (exact) mass is 876 g/mol. The number of hydrogen-bond donors (Lipinski definition) is 15. The summed E-state index contributed by atoms with van der Waals surface area (Å²) in [6, 6.07) is -0.907. The minimum absolute atomic E-state index is 0.0378. The molecule has 16 atom stereocenters. The summed E-state index contributed by atoms with van der Waals surface area (Å²) in [7, 11) is 1.49. The summed E-state index contributed by atoms with van der Waals surface area (Å²) < 4.78 is 32.3. The first kappa shape index (κ1) is 52.0. The summed E-state index contributed by atoms with van der Waals surface area (Å²) >= 11 is 0. The van der Waals surface area contributed by atoms with E-state index in [0.29, 0.717) is 19.3 Å². The molecule has 25 nitrogen and oxygen atoms in total. The Morgan fingerprint density at radius 3 is 1.42 bits per heavy atom. The Morgan fingerprint density at radius 1 is 0.567 bits per heavy atom. The van der Waals surface area contributed by atoms with E-state index in [-0.39, 0.29) is 64.7 Å². The van der Waals surface area contributed by atoms with Gasteiger partial charge in [0.2, 0.25) is 17.7 Å². The van der Waals surface area contributed by atoms with Gasteiger partial charge in [-0.1, -0.05) is 6.42 Å². The van der Waals surface area contributed by atoms with Gasteiger partial charge in [-0.05, 0) is 19.9 Å². The Labute approximate surface area is 345 Å². The summed E-state index contributed by atoms with van der Waals surface area (Å²) in [4.78, 5) is 39.8. The van der Waals surface area contributed by atoms with E-state index >= 15 is 0 Å². The molecule has 25 heteroatoms. The molecule has 0 aromatic rings. The van der Waals surface area contributed by atoms with Gasteiger partial charge >= 0.3 is 0 Å². The molecule has 0 aromatic heterocycles. The second-order valence-corrected chi connectivity index (χ2v) is 14.6. The molecule has 3 rings (SSSR count). The second kappa shape index (κ2) is 26.3. The van der Waals surface area contributed by atoms with Gasteiger partial charge in [-0.3, -0.25) is 14.4 Å². The van der Waals surface area contributed by atoms with Crippen LogP contribution in [0.5, 0.6) is 0 Å². The molecule has 3 saturated heterocycles. The molecular weight excluding hydrogens is 812 g/mol. The number of unbranched alkanes of at least 4 members (excludes halogenated alkanes) is 2. The third-order valence-corrected chi connectivity index (χ3v) is 10.3. The number of rotatable bonds is 25. The van der Waals surface area contributed by atoms with E-state index in [9.17, 15) is 75.7 Å². The smallest absolute Gasteiger partial charge is 0.237 e. The van der Waals surface area contributed by atoms with Crippen molar-refractivity contribution in [3.8, 4) is 0 Å². The van der Waals surface area contributed by atoms with Crippen molar-refractivity contribution in [2.75, 3.05) is 72.9 Å². The lowest BCUT2D eigenvalue weighted by Gasteiger charge is -2.40. The van der Waals surface area contributed by atoms with Gasteiger partial charge in [-0.25, -0.2) is 0 Å². The van der Waals surface area contributed by atoms with E-state index in [2.05, 4.69) is 16.0 Å². The highest BCUT2D eigenvalue weighted by Gasteiger charge is 2.46. The minimum Gasteiger partial charge on any atom is -0.394 e. The van der Waals surface area contributed by atoms with Crippen molar-refractivity contribution in [2.45, 2.75) is 130 Å². The van der Waals surface area contributed by atoms with E-state index in [4.69, 9.17) is 28.4 Å². The van der Waals surface area contributed by atoms with Crippen LogP contribution in [0.25, 0.3) is 0 Å². The van der Waals surface area contributed by atoms with Crippen molar-refractivity contribution < 1.29 is 104 Å². The average molecular weight is 877 g/mol. The lowest BCUT2D eigenvalue weighted by Crippen LogP contribution is -2.59. The zero-order chi connectivity index (χ0) is 44.5. The predicted molar refractivity (Wildman–Crippen MR) is 198 cm³/mol. The fourth-order valence-corrected chi connectivity index (χ4v) is 6.55. The number of nitrogens with zero attached hydrogens (tertiary/aromatic N) is 1. The van der Waals surface area contributed by atoms with Crippen molar-refractivity contribution in [2.24, 2.45) is 0 Å². The summed E-state index contributed by atoms with van der Waals surface area (Å²) in [5.41, 5.74) is 0. The zero-order valence-corrected chi connectivity index (χ0v) is 33.3. The van der Waals surface area contributed by atoms with Gasteiger partial charge < -0.3 is 111 Å². The number of aliphatic hydroxyl groups excluding tert-OH is 12. The highest BCUT2D eigenvalue weighted by molar-refractivity contribution is 5.88. The van der Waals surface area contributed by atoms with Gasteiger partial charge in [-0.15, -0.1) is 0 Å². The van der Waals surface area contributed by atoms with Crippen LogP contribution in [-0.4, -0.2) is 255 Å². The molecule has 15 N–H and O–H groups in total. The molecule has 3 fully saturated rings. The molecule has 0 aromatic carbocycles. The maximum Gasteiger partial charge on any atom is 0.237 e. The summed E-state index contributed by atoms with van der Waals surface area (Å²) in [6.45, 7) is -2.59. The second-order valence-electron chi connectivity index (χ2n) is 14.6. The molecule has 0 radical (unpaired) electrons. The van der Waals surface area contributed by atoms with E-state index in [1.165, 1.54) is 11.9 Å². The average Bonchev–Trinajstić information content (AvgIpc) is 3.24. The first-order chi connectivity index (χ1) is 28.6. The SMILES string of the molecule is CN[C@@H](CC(=O)NCCCCCC(=O)N(CCO[C@H]1O[C@H](CO)[C@@H](O)[C@H](O)[C@@H]1O)CCO[C@H]1O[C@H](CO)[C@@H](O)[C@H](O)[C@@H]1O)C(=O)NCCO[C@H]1O[C@H](CO)[C@@H](O)[C@H](O)[C@@H]1O. The van der Waals surface area contributed by atoms with Crippen LogP contribution in [0.4, 0.5) is 0 Å². The largest absolute Gasteiger partial charge is 0.394 e. The van der Waals surface area contributed by atoms with Crippen molar-refractivity contribution in [3.63, 3.8) is 0 Å². The molecule has 60 heavy (non-hydrogen) atoms. The summed E-state index contributed by atoms with van der Waals surface area (Å²) in [5, 5.41) is 127. The molecule has 350 valence electrons. The van der Waals surface area contributed by atoms with E-state index in [1.54, 1.807) is 0 Å². The van der Waals surface area contributed by atoms with Gasteiger partial charge in [0.25, 0.3) is 0 Å². The fourth-order valence-electron chi connectivity index (χ4n) is 6.55. The van der Waals surface area contributed by atoms with Crippen molar-refractivity contribution in [1.29, 1.82) is 0 Å². The molecule has 3 aliphatic rings. The molecule has 0 unspecified atom stereocenters. The molecule has 0 saturated carbocycles. The summed E-state index contributed by atoms with van der Waals surface area (Å²) in [5.74, 6) is -1.32. The van der Waals surface area contributed by atoms with E-state index in [1.807, 2.05) is 0 Å². The molecule has 0 spiro atoms. The summed E-state index contributed by atoms with van der Waals surface area (Å²) in [6.07, 6.45) is -21.2. The fraction of sp³-hybridized carbons (Fsp3) is 0.914. The maximum absolute atomic E-state index is 13.3. The van der Waals surface area contributed by atoms with Crippen LogP contribution in [0.2, 0.25) is 0 Å². The Hall–Kier alpha value is -2.35. The van der Waals surface area contributed by atoms with Crippen molar-refractivity contribution in [1.82, 2.24) is 20.9 Å². The van der Waals surface area contributed by atoms with E-state index in [0.717, 1.165) is 0 Å². The van der Waals surface area contributed by atoms with Gasteiger partial charge in [0.15, 0.2) is 18.9 Å². The Morgan fingerprint density at radius 2 is 1.00 bits per heavy atom. The van der Waals surface area contributed by atoms with Crippen molar-refractivity contribution >= 4 is 17.7 Å². The van der Waals surface area contributed by atoms with Crippen LogP contribution in [0.15, 0.2) is 0 Å². The molecule has 3 amide bonds. The van der Waals surface area contributed by atoms with Crippen molar-refractivity contribution in [3.05, 3.63) is 0 Å². The maximum atomic E-state index is 13.3. The normalized spacial score (nSPS) is 35.1. The van der Waals surface area contributed by atoms with Crippen LogP contribution in [0, 0.1) is 0 Å². The first-order valence-corrected chi connectivity index (χ1v) is 19.9. The number of ether oxygens (including phenoxy) is 6. The Kier molecular flexibility index (Phi) is 22.8. The third-order valence-electron chi connectivity index (χ3n) is 10.3. The standard InChI is InChI=1S/C35H64N4O21/c1-36-17(32(54)38-7-10-55-33-29(51)26(48)23(45)18(14-40)58-33)13-21(43)37-6-4-2-3-5-22(44)39(8-11-56-34-30(52)27(49)24(46)19(15-41)59-34)9-12-57-35-31(53)28(50)25(47)20(16-42)60-35/h17-20,23-31,33-36,40-42,45-53H,2-16H2,1H3,(H,37,43)(H,38,54)/t17-,18+,19+,20+,23+,24+,25+,26-,27-,28-,29-,30-,31-,33-,34-,35-/m0/s1. The lowest BCUT2D eigenvalue weighted by atomic mass is 9.99. The number of aliphatic hydroxyl groups is 12. The first-order valence-electron chi connectivity index (χ1n) is 19.9.